The number of fused-ring (bicyclic) bond motifs is 3. The molecule has 4 aromatic rings. The molecule has 2 heterocycles. The molecule has 0 aliphatic heterocycles. The van der Waals surface area contributed by atoms with E-state index in [0.717, 1.165) is 34.9 Å². The van der Waals surface area contributed by atoms with Crippen molar-refractivity contribution >= 4 is 38.2 Å². The van der Waals surface area contributed by atoms with E-state index in [4.69, 9.17) is 4.74 Å². The number of ether oxygens (including phenoxy) is 1. The molecule has 0 bridgehead atoms. The summed E-state index contributed by atoms with van der Waals surface area (Å²) in [5.41, 5.74) is 1.87. The number of carbonyl (C=O) groups excluding carboxylic acids is 1. The minimum absolute atomic E-state index is 0.139. The Morgan fingerprint density at radius 3 is 2.61 bits per heavy atom. The number of aryl methyl sites for hydroxylation is 1. The Morgan fingerprint density at radius 1 is 1.10 bits per heavy atom. The lowest BCUT2D eigenvalue weighted by Crippen LogP contribution is -2.25. The molecule has 6 heteroatoms. The van der Waals surface area contributed by atoms with Gasteiger partial charge in [0.25, 0.3) is 11.5 Å². The number of nitrogens with zero attached hydrogens (tertiary/aromatic N) is 1. The largest absolute Gasteiger partial charge is 0.491 e. The van der Waals surface area contributed by atoms with Gasteiger partial charge in [-0.15, -0.1) is 11.3 Å². The number of pyridine rings is 1. The van der Waals surface area contributed by atoms with Crippen molar-refractivity contribution in [3.05, 3.63) is 75.4 Å². The minimum Gasteiger partial charge on any atom is -0.491 e. The van der Waals surface area contributed by atoms with Crippen molar-refractivity contribution in [1.82, 2.24) is 9.88 Å². The van der Waals surface area contributed by atoms with Crippen LogP contribution in [-0.4, -0.2) is 23.6 Å². The van der Waals surface area contributed by atoms with Crippen molar-refractivity contribution in [2.24, 2.45) is 7.05 Å². The number of unbranched alkanes of at least 4 members (excludes halogenated alkanes) is 1. The summed E-state index contributed by atoms with van der Waals surface area (Å²) in [4.78, 5) is 26.8. The van der Waals surface area contributed by atoms with Crippen LogP contribution in [0.15, 0.2) is 59.4 Å². The summed E-state index contributed by atoms with van der Waals surface area (Å²) in [6.45, 7) is 3.08. The van der Waals surface area contributed by atoms with Gasteiger partial charge in [-0.25, -0.2) is 0 Å². The molecule has 2 aromatic heterocycles. The minimum atomic E-state index is -0.199. The predicted molar refractivity (Wildman–Crippen MR) is 127 cm³/mol. The summed E-state index contributed by atoms with van der Waals surface area (Å²) in [5.74, 6) is 0.215. The Balaban J connectivity index is 1.73. The summed E-state index contributed by atoms with van der Waals surface area (Å²) in [6, 6.07) is 17.8. The van der Waals surface area contributed by atoms with Crippen molar-refractivity contribution in [2.45, 2.75) is 26.2 Å². The van der Waals surface area contributed by atoms with Gasteiger partial charge in [-0.3, -0.25) is 9.59 Å². The SMILES string of the molecule is CCCCOc1c(C(=O)NCCc2ccccc2)sc2c1c(=O)n(C)c1ccccc21. The van der Waals surface area contributed by atoms with Crippen LogP contribution in [0.2, 0.25) is 0 Å². The maximum atomic E-state index is 13.2. The van der Waals surface area contributed by atoms with Crippen LogP contribution in [0.4, 0.5) is 0 Å². The maximum absolute atomic E-state index is 13.2. The number of benzene rings is 2. The lowest BCUT2D eigenvalue weighted by molar-refractivity contribution is 0.0954. The molecule has 1 N–H and O–H groups in total. The number of carbonyl (C=O) groups is 1. The van der Waals surface area contributed by atoms with Crippen LogP contribution in [-0.2, 0) is 13.5 Å². The normalized spacial score (nSPS) is 11.2. The molecule has 5 nitrogen and oxygen atoms in total. The highest BCUT2D eigenvalue weighted by molar-refractivity contribution is 7.22. The molecule has 0 aliphatic rings. The number of amides is 1. The van der Waals surface area contributed by atoms with Crippen molar-refractivity contribution in [3.63, 3.8) is 0 Å². The molecule has 0 unspecified atom stereocenters. The van der Waals surface area contributed by atoms with Gasteiger partial charge in [0.1, 0.15) is 10.3 Å². The van der Waals surface area contributed by atoms with Crippen LogP contribution < -0.4 is 15.6 Å². The third kappa shape index (κ3) is 4.21. The topological polar surface area (TPSA) is 60.3 Å². The summed E-state index contributed by atoms with van der Waals surface area (Å²) in [7, 11) is 1.76. The molecule has 4 rings (SSSR count). The Kier molecular flexibility index (Phi) is 6.37. The fraction of sp³-hybridized carbons (Fsp3) is 0.280. The summed E-state index contributed by atoms with van der Waals surface area (Å²) in [6.07, 6.45) is 2.58. The van der Waals surface area contributed by atoms with E-state index < -0.39 is 0 Å². The van der Waals surface area contributed by atoms with E-state index in [0.29, 0.717) is 29.2 Å². The van der Waals surface area contributed by atoms with Crippen molar-refractivity contribution in [3.8, 4) is 5.75 Å². The zero-order valence-electron chi connectivity index (χ0n) is 17.8. The van der Waals surface area contributed by atoms with E-state index in [1.807, 2.05) is 54.6 Å². The van der Waals surface area contributed by atoms with Crippen LogP contribution in [0.5, 0.6) is 5.75 Å². The van der Waals surface area contributed by atoms with Gasteiger partial charge in [0.15, 0.2) is 5.75 Å². The van der Waals surface area contributed by atoms with Crippen molar-refractivity contribution in [1.29, 1.82) is 0 Å². The molecule has 0 saturated carbocycles. The number of rotatable bonds is 8. The van der Waals surface area contributed by atoms with Gasteiger partial charge in [0, 0.05) is 19.0 Å². The van der Waals surface area contributed by atoms with Crippen molar-refractivity contribution in [2.75, 3.05) is 13.2 Å². The highest BCUT2D eigenvalue weighted by atomic mass is 32.1. The van der Waals surface area contributed by atoms with E-state index in [2.05, 4.69) is 12.2 Å². The number of aromatic nitrogens is 1. The number of thiophene rings is 1. The first-order chi connectivity index (χ1) is 15.1. The molecule has 31 heavy (non-hydrogen) atoms. The highest BCUT2D eigenvalue weighted by Crippen LogP contribution is 2.39. The van der Waals surface area contributed by atoms with E-state index in [-0.39, 0.29) is 11.5 Å². The third-order valence-corrected chi connectivity index (χ3v) is 6.59. The molecule has 1 amide bonds. The van der Waals surface area contributed by atoms with Crippen LogP contribution in [0.1, 0.15) is 35.0 Å². The Hall–Kier alpha value is -3.12. The van der Waals surface area contributed by atoms with Crippen LogP contribution in [0, 0.1) is 0 Å². The fourth-order valence-electron chi connectivity index (χ4n) is 3.69. The smallest absolute Gasteiger partial charge is 0.265 e. The zero-order chi connectivity index (χ0) is 21.8. The monoisotopic (exact) mass is 434 g/mol. The van der Waals surface area contributed by atoms with Gasteiger partial charge >= 0.3 is 0 Å². The van der Waals surface area contributed by atoms with Crippen LogP contribution in [0.3, 0.4) is 0 Å². The molecule has 160 valence electrons. The number of hydrogen-bond donors (Lipinski definition) is 1. The summed E-state index contributed by atoms with van der Waals surface area (Å²) >= 11 is 1.34. The summed E-state index contributed by atoms with van der Waals surface area (Å²) < 4.78 is 8.47. The number of hydrogen-bond acceptors (Lipinski definition) is 4. The molecular formula is C25H26N2O3S. The average Bonchev–Trinajstić information content (AvgIpc) is 3.18. The first kappa shape index (κ1) is 21.1. The second kappa shape index (κ2) is 9.35. The van der Waals surface area contributed by atoms with Gasteiger partial charge in [0.05, 0.1) is 16.8 Å². The lowest BCUT2D eigenvalue weighted by Gasteiger charge is -2.09. The van der Waals surface area contributed by atoms with Gasteiger partial charge in [-0.05, 0) is 24.5 Å². The number of nitrogens with one attached hydrogen (secondary N) is 1. The third-order valence-electron chi connectivity index (χ3n) is 5.39. The second-order valence-corrected chi connectivity index (χ2v) is 8.56. The maximum Gasteiger partial charge on any atom is 0.265 e. The molecule has 0 radical (unpaired) electrons. The van der Waals surface area contributed by atoms with E-state index in [1.54, 1.807) is 11.6 Å². The molecule has 0 fully saturated rings. The summed E-state index contributed by atoms with van der Waals surface area (Å²) in [5, 5.41) is 4.45. The fourth-order valence-corrected chi connectivity index (χ4v) is 4.87. The first-order valence-corrected chi connectivity index (χ1v) is 11.4. The molecule has 2 aromatic carbocycles. The highest BCUT2D eigenvalue weighted by Gasteiger charge is 2.24. The van der Waals surface area contributed by atoms with Crippen LogP contribution in [0.25, 0.3) is 21.0 Å². The standard InChI is InChI=1S/C25H26N2O3S/c1-3-4-16-30-21-20-22(18-12-8-9-13-19(18)27(2)25(20)29)31-23(21)24(28)26-15-14-17-10-6-5-7-11-17/h5-13H,3-4,14-16H2,1-2H3,(H,26,28). The molecule has 0 spiro atoms. The molecule has 0 atom stereocenters. The van der Waals surface area contributed by atoms with Crippen molar-refractivity contribution < 1.29 is 9.53 Å². The second-order valence-electron chi connectivity index (χ2n) is 7.54. The molecule has 0 aliphatic carbocycles. The average molecular weight is 435 g/mol. The Labute approximate surface area is 185 Å². The van der Waals surface area contributed by atoms with E-state index >= 15 is 0 Å². The molecule has 0 saturated heterocycles. The zero-order valence-corrected chi connectivity index (χ0v) is 18.6. The quantitative estimate of drug-likeness (QED) is 0.401. The lowest BCUT2D eigenvalue weighted by atomic mass is 10.1. The molecular weight excluding hydrogens is 408 g/mol. The van der Waals surface area contributed by atoms with Gasteiger partial charge in [-0.2, -0.15) is 0 Å². The van der Waals surface area contributed by atoms with Gasteiger partial charge < -0.3 is 14.6 Å². The van der Waals surface area contributed by atoms with Gasteiger partial charge in [-0.1, -0.05) is 61.9 Å². The first-order valence-electron chi connectivity index (χ1n) is 10.6. The predicted octanol–water partition coefficient (Wildman–Crippen LogP) is 4.90. The van der Waals surface area contributed by atoms with Gasteiger partial charge in [0.2, 0.25) is 0 Å². The Morgan fingerprint density at radius 2 is 1.84 bits per heavy atom. The number of para-hydroxylation sites is 1. The Bertz CT molecular complexity index is 1270. The van der Waals surface area contributed by atoms with E-state index in [9.17, 15) is 9.59 Å². The van der Waals surface area contributed by atoms with E-state index in [1.165, 1.54) is 16.9 Å². The van der Waals surface area contributed by atoms with Crippen LogP contribution >= 0.6 is 11.3 Å².